The van der Waals surface area contributed by atoms with E-state index in [-0.39, 0.29) is 5.41 Å². The van der Waals surface area contributed by atoms with E-state index < -0.39 is 0 Å². The molecule has 0 fully saturated rings. The summed E-state index contributed by atoms with van der Waals surface area (Å²) in [5.41, 5.74) is 12.9. The Morgan fingerprint density at radius 2 is 0.904 bits per heavy atom. The molecular weight excluding hydrogens is 637 g/mol. The first kappa shape index (κ1) is 30.1. The lowest BCUT2D eigenvalue weighted by atomic mass is 9.73. The second-order valence-corrected chi connectivity index (χ2v) is 13.9. The van der Waals surface area contributed by atoms with Crippen LogP contribution < -0.4 is 14.5 Å². The molecule has 0 radical (unpaired) electrons. The lowest BCUT2D eigenvalue weighted by molar-refractivity contribution is 0.477. The van der Waals surface area contributed by atoms with E-state index in [9.17, 15) is 0 Å². The number of benzene rings is 7. The van der Waals surface area contributed by atoms with Gasteiger partial charge in [-0.3, -0.25) is 0 Å². The van der Waals surface area contributed by atoms with Crippen molar-refractivity contribution in [2.24, 2.45) is 0 Å². The fourth-order valence-corrected chi connectivity index (χ4v) is 7.88. The van der Waals surface area contributed by atoms with Crippen LogP contribution in [0.15, 0.2) is 170 Å². The maximum atomic E-state index is 6.24. The van der Waals surface area contributed by atoms with Crippen LogP contribution in [-0.2, 0) is 5.41 Å². The molecule has 52 heavy (non-hydrogen) atoms. The molecule has 5 nitrogen and oxygen atoms in total. The molecule has 7 aromatic carbocycles. The summed E-state index contributed by atoms with van der Waals surface area (Å²) in [7, 11) is 0. The molecule has 0 saturated carbocycles. The van der Waals surface area contributed by atoms with Crippen LogP contribution in [0.2, 0.25) is 0 Å². The summed E-state index contributed by atoms with van der Waals surface area (Å²) < 4.78 is 6.24. The number of fused-ring (bicyclic) bond motifs is 5. The first-order valence-corrected chi connectivity index (χ1v) is 17.7. The number of hydrogen-bond acceptors (Lipinski definition) is 5. The van der Waals surface area contributed by atoms with Crippen molar-refractivity contribution in [2.45, 2.75) is 19.3 Å². The minimum atomic E-state index is -0.102. The number of ether oxygens (including phenoxy) is 1. The zero-order chi connectivity index (χ0) is 34.8. The first-order chi connectivity index (χ1) is 25.5. The van der Waals surface area contributed by atoms with Gasteiger partial charge in [-0.25, -0.2) is 9.97 Å². The molecule has 10 rings (SSSR count). The van der Waals surface area contributed by atoms with Gasteiger partial charge in [0, 0.05) is 33.3 Å². The summed E-state index contributed by atoms with van der Waals surface area (Å²) in [4.78, 5) is 14.9. The highest BCUT2D eigenvalue weighted by atomic mass is 16.5. The molecule has 0 saturated heterocycles. The van der Waals surface area contributed by atoms with Crippen LogP contribution in [0, 0.1) is 0 Å². The topological polar surface area (TPSA) is 41.5 Å². The quantitative estimate of drug-likeness (QED) is 0.186. The fraction of sp³-hybridized carbons (Fsp3) is 0.0638. The zero-order valence-corrected chi connectivity index (χ0v) is 28.9. The van der Waals surface area contributed by atoms with Gasteiger partial charge in [0.1, 0.15) is 0 Å². The molecule has 0 aliphatic carbocycles. The predicted octanol–water partition coefficient (Wildman–Crippen LogP) is 12.6. The van der Waals surface area contributed by atoms with Gasteiger partial charge >= 0.3 is 0 Å². The van der Waals surface area contributed by atoms with Crippen molar-refractivity contribution in [2.75, 3.05) is 9.80 Å². The normalized spacial score (nSPS) is 13.8. The minimum absolute atomic E-state index is 0.102. The Morgan fingerprint density at radius 1 is 0.442 bits per heavy atom. The molecule has 0 atom stereocenters. The summed E-state index contributed by atoms with van der Waals surface area (Å²) >= 11 is 0. The smallest absolute Gasteiger partial charge is 0.160 e. The van der Waals surface area contributed by atoms with Crippen LogP contribution in [0.3, 0.4) is 0 Å². The van der Waals surface area contributed by atoms with Crippen LogP contribution in [0.5, 0.6) is 11.5 Å². The predicted molar refractivity (Wildman–Crippen MR) is 212 cm³/mol. The average Bonchev–Trinajstić information content (AvgIpc) is 3.20. The van der Waals surface area contributed by atoms with Gasteiger partial charge in [0.15, 0.2) is 17.3 Å². The largest absolute Gasteiger partial charge is 0.453 e. The highest BCUT2D eigenvalue weighted by Crippen LogP contribution is 2.52. The van der Waals surface area contributed by atoms with Crippen molar-refractivity contribution in [1.82, 2.24) is 9.97 Å². The number of nitrogens with zero attached hydrogens (tertiary/aromatic N) is 4. The van der Waals surface area contributed by atoms with Crippen LogP contribution in [0.4, 0.5) is 34.1 Å². The molecule has 2 aliphatic heterocycles. The van der Waals surface area contributed by atoms with Crippen molar-refractivity contribution in [3.05, 3.63) is 181 Å². The van der Waals surface area contributed by atoms with Gasteiger partial charge in [0.2, 0.25) is 0 Å². The third kappa shape index (κ3) is 4.70. The Morgan fingerprint density at radius 3 is 1.50 bits per heavy atom. The lowest BCUT2D eigenvalue weighted by Gasteiger charge is -2.42. The van der Waals surface area contributed by atoms with Gasteiger partial charge in [-0.2, -0.15) is 0 Å². The van der Waals surface area contributed by atoms with E-state index in [0.717, 1.165) is 62.0 Å². The van der Waals surface area contributed by atoms with Crippen LogP contribution in [-0.4, -0.2) is 9.97 Å². The zero-order valence-electron chi connectivity index (χ0n) is 28.9. The molecule has 2 aliphatic rings. The highest BCUT2D eigenvalue weighted by molar-refractivity contribution is 5.95. The Balaban J connectivity index is 1.04. The Kier molecular flexibility index (Phi) is 6.77. The SMILES string of the molecule is CC1(C)c2ccccc2N(c2ccc(-c3nc(-c4ccc(N5c6ccccc6Oc6ccccc65)cc4)nc4ccccc34)cc2)c2ccccc21. The van der Waals surface area contributed by atoms with Crippen LogP contribution >= 0.6 is 0 Å². The number of para-hydroxylation sites is 7. The Labute approximate surface area is 303 Å². The van der Waals surface area contributed by atoms with Crippen molar-refractivity contribution in [1.29, 1.82) is 0 Å². The summed E-state index contributed by atoms with van der Waals surface area (Å²) in [6.45, 7) is 4.63. The molecule has 0 unspecified atom stereocenters. The van der Waals surface area contributed by atoms with Gasteiger partial charge in [-0.05, 0) is 90.0 Å². The summed E-state index contributed by atoms with van der Waals surface area (Å²) in [5.74, 6) is 2.35. The Hall–Kier alpha value is -6.72. The molecule has 3 heterocycles. The van der Waals surface area contributed by atoms with Gasteiger partial charge in [0.25, 0.3) is 0 Å². The highest BCUT2D eigenvalue weighted by Gasteiger charge is 2.36. The van der Waals surface area contributed by atoms with Crippen molar-refractivity contribution in [3.8, 4) is 34.1 Å². The average molecular weight is 671 g/mol. The van der Waals surface area contributed by atoms with Gasteiger partial charge < -0.3 is 14.5 Å². The number of anilines is 6. The molecule has 0 N–H and O–H groups in total. The number of aromatic nitrogens is 2. The van der Waals surface area contributed by atoms with Crippen LogP contribution in [0.25, 0.3) is 33.5 Å². The third-order valence-electron chi connectivity index (χ3n) is 10.5. The van der Waals surface area contributed by atoms with E-state index in [0.29, 0.717) is 5.82 Å². The molecule has 0 spiro atoms. The lowest BCUT2D eigenvalue weighted by Crippen LogP contribution is -2.30. The van der Waals surface area contributed by atoms with Crippen molar-refractivity contribution >= 4 is 45.0 Å². The van der Waals surface area contributed by atoms with E-state index in [1.165, 1.54) is 22.5 Å². The Bertz CT molecular complexity index is 2550. The summed E-state index contributed by atoms with van der Waals surface area (Å²) in [5, 5.41) is 1.02. The minimum Gasteiger partial charge on any atom is -0.453 e. The van der Waals surface area contributed by atoms with Crippen LogP contribution in [0.1, 0.15) is 25.0 Å². The molecule has 8 aromatic rings. The molecular formula is C47H34N4O. The van der Waals surface area contributed by atoms with E-state index in [1.807, 2.05) is 42.5 Å². The standard InChI is InChI=1S/C47H34N4O/c1-47(2)36-14-4-7-17-39(36)50(40-18-8-5-15-37(40)47)33-27-23-31(24-28-33)45-35-13-3-6-16-38(35)48-46(49-45)32-25-29-34(30-26-32)51-41-19-9-11-21-43(41)52-44-22-12-10-20-42(44)51/h3-30H,1-2H3. The fourth-order valence-electron chi connectivity index (χ4n) is 7.88. The first-order valence-electron chi connectivity index (χ1n) is 17.7. The number of hydrogen-bond donors (Lipinski definition) is 0. The van der Waals surface area contributed by atoms with E-state index in [1.54, 1.807) is 0 Å². The van der Waals surface area contributed by atoms with Gasteiger partial charge in [-0.1, -0.05) is 105 Å². The molecule has 248 valence electrons. The maximum Gasteiger partial charge on any atom is 0.160 e. The monoisotopic (exact) mass is 670 g/mol. The molecule has 1 aromatic heterocycles. The van der Waals surface area contributed by atoms with Crippen molar-refractivity contribution < 1.29 is 4.74 Å². The summed E-state index contributed by atoms with van der Waals surface area (Å²) in [6, 6.07) is 59.4. The van der Waals surface area contributed by atoms with Gasteiger partial charge in [0.05, 0.1) is 34.0 Å². The van der Waals surface area contributed by atoms with E-state index in [4.69, 9.17) is 14.7 Å². The number of rotatable bonds is 4. The van der Waals surface area contributed by atoms with Crippen molar-refractivity contribution in [3.63, 3.8) is 0 Å². The molecule has 0 bridgehead atoms. The summed E-state index contributed by atoms with van der Waals surface area (Å²) in [6.07, 6.45) is 0. The maximum absolute atomic E-state index is 6.24. The second-order valence-electron chi connectivity index (χ2n) is 13.9. The van der Waals surface area contributed by atoms with Gasteiger partial charge in [-0.15, -0.1) is 0 Å². The second kappa shape index (κ2) is 11.7. The van der Waals surface area contributed by atoms with E-state index >= 15 is 0 Å². The third-order valence-corrected chi connectivity index (χ3v) is 10.5. The molecule has 5 heteroatoms. The van der Waals surface area contributed by atoms with E-state index in [2.05, 4.69) is 151 Å². The molecule has 0 amide bonds.